The Morgan fingerprint density at radius 1 is 1.33 bits per heavy atom. The number of rotatable bonds is 0. The molecule has 0 spiro atoms. The first-order chi connectivity index (χ1) is 2.56. The second kappa shape index (κ2) is 2.51. The molecule has 0 aromatic heterocycles. The van der Waals surface area contributed by atoms with Crippen molar-refractivity contribution < 1.29 is 23.3 Å². The van der Waals surface area contributed by atoms with Gasteiger partial charge >= 0.3 is 55.3 Å². The Labute approximate surface area is 55.1 Å². The summed E-state index contributed by atoms with van der Waals surface area (Å²) >= 11 is -0.887. The molecule has 0 fully saturated rings. The van der Waals surface area contributed by atoms with Gasteiger partial charge in [-0.2, -0.15) is 0 Å². The van der Waals surface area contributed by atoms with Gasteiger partial charge in [-0.25, -0.2) is 0 Å². The summed E-state index contributed by atoms with van der Waals surface area (Å²) in [5.41, 5.74) is 0. The minimum absolute atomic E-state index is 0.529. The molecule has 6 heavy (non-hydrogen) atoms. The molecule has 0 nitrogen and oxygen atoms in total. The molecule has 0 aromatic rings. The molecule has 0 radical (unpaired) electrons. The van der Waals surface area contributed by atoms with E-state index in [9.17, 15) is 0 Å². The zero-order valence-electron chi connectivity index (χ0n) is 4.59. The van der Waals surface area contributed by atoms with Crippen LogP contribution in [-0.2, 0) is 23.3 Å². The molecule has 0 aliphatic rings. The van der Waals surface area contributed by atoms with Gasteiger partial charge in [0.05, 0.1) is 0 Å². The van der Waals surface area contributed by atoms with Gasteiger partial charge in [0, 0.05) is 0 Å². The van der Waals surface area contributed by atoms with E-state index in [1.165, 1.54) is 0 Å². The molecule has 0 aromatic carbocycles. The predicted molar refractivity (Wildman–Crippen MR) is 25.6 cm³/mol. The predicted octanol–water partition coefficient (Wildman–Crippen LogP) is 2.44. The molecular weight excluding hydrogens is 284 g/mol. The third-order valence-corrected chi connectivity index (χ3v) is 10.6. The molecule has 2 heteroatoms. The van der Waals surface area contributed by atoms with Crippen molar-refractivity contribution in [3.05, 3.63) is 0 Å². The molecule has 0 unspecified atom stereocenters. The summed E-state index contributed by atoms with van der Waals surface area (Å²) in [6.07, 6.45) is 0. The van der Waals surface area contributed by atoms with Gasteiger partial charge in [-0.1, -0.05) is 0 Å². The van der Waals surface area contributed by atoms with E-state index in [0.29, 0.717) is 2.92 Å². The quantitative estimate of drug-likeness (QED) is 0.602. The van der Waals surface area contributed by atoms with Crippen molar-refractivity contribution >= 4 is 8.25 Å². The number of halogens is 1. The summed E-state index contributed by atoms with van der Waals surface area (Å²) in [5.74, 6) is 0. The zero-order valence-corrected chi connectivity index (χ0v) is 10.8. The summed E-state index contributed by atoms with van der Waals surface area (Å²) in [7, 11) is 5.70. The fraction of sp³-hybridized carbons (Fsp3) is 1.00. The van der Waals surface area contributed by atoms with Crippen LogP contribution in [0.1, 0.15) is 20.8 Å². The van der Waals surface area contributed by atoms with Crippen molar-refractivity contribution in [2.24, 2.45) is 0 Å². The van der Waals surface area contributed by atoms with Crippen molar-refractivity contribution in [3.63, 3.8) is 0 Å². The Hall–Kier alpha value is 1.23. The van der Waals surface area contributed by atoms with Crippen LogP contribution in [0.15, 0.2) is 0 Å². The summed E-state index contributed by atoms with van der Waals surface area (Å²) in [6.45, 7) is 6.63. The Morgan fingerprint density at radius 3 is 1.50 bits per heavy atom. The fourth-order valence-corrected chi connectivity index (χ4v) is 0. The van der Waals surface area contributed by atoms with Crippen LogP contribution in [0, 0.1) is 0 Å². The van der Waals surface area contributed by atoms with Crippen molar-refractivity contribution in [3.8, 4) is 0 Å². The van der Waals surface area contributed by atoms with E-state index in [1.54, 1.807) is 0 Å². The molecule has 0 amide bonds. The Kier molecular flexibility index (Phi) is 3.03. The maximum absolute atomic E-state index is 5.70. The van der Waals surface area contributed by atoms with Gasteiger partial charge < -0.3 is 0 Å². The van der Waals surface area contributed by atoms with E-state index in [1.807, 2.05) is 0 Å². The second-order valence-corrected chi connectivity index (χ2v) is 14.3. The van der Waals surface area contributed by atoms with Crippen LogP contribution in [0.4, 0.5) is 0 Å². The third-order valence-electron chi connectivity index (χ3n) is 0.401. The average Bonchev–Trinajstić information content (AvgIpc) is 1.35. The molecule has 34 valence electrons. The number of hydrogen-bond donors (Lipinski definition) is 0. The molecule has 0 saturated carbocycles. The third kappa shape index (κ3) is 5.23. The first-order valence-electron chi connectivity index (χ1n) is 2.12. The van der Waals surface area contributed by atoms with E-state index in [2.05, 4.69) is 20.8 Å². The molecule has 0 rings (SSSR count). The van der Waals surface area contributed by atoms with E-state index in [0.717, 1.165) is 0 Å². The maximum atomic E-state index is 5.70. The Balaban J connectivity index is 3.17. The van der Waals surface area contributed by atoms with E-state index < -0.39 is 23.3 Å². The van der Waals surface area contributed by atoms with Crippen molar-refractivity contribution in [2.75, 3.05) is 0 Å². The number of hydrogen-bond acceptors (Lipinski definition) is 0. The van der Waals surface area contributed by atoms with Gasteiger partial charge in [0.1, 0.15) is 0 Å². The van der Waals surface area contributed by atoms with E-state index >= 15 is 0 Å². The fourth-order valence-electron chi connectivity index (χ4n) is 0. The Bertz CT molecular complexity index is 37.3. The molecule has 0 bridgehead atoms. The van der Waals surface area contributed by atoms with Gasteiger partial charge in [0.2, 0.25) is 0 Å². The molecule has 0 atom stereocenters. The normalized spacial score (nSPS) is 10.7. The van der Waals surface area contributed by atoms with Gasteiger partial charge in [-0.15, -0.1) is 0 Å². The monoisotopic (exact) mass is 294 g/mol. The average molecular weight is 293 g/mol. The van der Waals surface area contributed by atoms with Crippen LogP contribution in [-0.4, -0.2) is 0 Å². The molecule has 0 aliphatic heterocycles. The van der Waals surface area contributed by atoms with Crippen molar-refractivity contribution in [1.29, 1.82) is 0 Å². The van der Waals surface area contributed by atoms with Crippen LogP contribution in [0.5, 0.6) is 0 Å². The van der Waals surface area contributed by atoms with Gasteiger partial charge in [-0.05, 0) is 0 Å². The van der Waals surface area contributed by atoms with Crippen LogP contribution < -0.4 is 0 Å². The van der Waals surface area contributed by atoms with Crippen LogP contribution in [0.3, 0.4) is 0 Å². The van der Waals surface area contributed by atoms with Crippen molar-refractivity contribution in [2.45, 2.75) is 23.7 Å². The first-order valence-corrected chi connectivity index (χ1v) is 11.6. The SMILES string of the molecule is C[C](C)(C)[Hg][Cl]. The molecule has 0 aliphatic carbocycles. The van der Waals surface area contributed by atoms with E-state index in [4.69, 9.17) is 8.25 Å². The summed E-state index contributed by atoms with van der Waals surface area (Å²) in [6, 6.07) is 0. The topological polar surface area (TPSA) is 0 Å². The van der Waals surface area contributed by atoms with E-state index in [-0.39, 0.29) is 0 Å². The summed E-state index contributed by atoms with van der Waals surface area (Å²) in [4.78, 5) is 0. The Morgan fingerprint density at radius 2 is 1.50 bits per heavy atom. The summed E-state index contributed by atoms with van der Waals surface area (Å²) in [5, 5.41) is 0. The van der Waals surface area contributed by atoms with Crippen molar-refractivity contribution in [1.82, 2.24) is 0 Å². The zero-order chi connectivity index (χ0) is 5.21. The first kappa shape index (κ1) is 7.23. The van der Waals surface area contributed by atoms with Gasteiger partial charge in [0.15, 0.2) is 0 Å². The summed E-state index contributed by atoms with van der Waals surface area (Å²) < 4.78 is 0.529. The molecular formula is C4H9ClHg. The van der Waals surface area contributed by atoms with Crippen LogP contribution in [0.2, 0.25) is 2.92 Å². The van der Waals surface area contributed by atoms with Gasteiger partial charge in [-0.3, -0.25) is 0 Å². The standard InChI is InChI=1S/C4H9.ClH.Hg/c1-4(2)3;;/h1-3H3;1H;/q;;+1/p-1. The molecule has 0 saturated heterocycles. The molecule has 0 heterocycles. The van der Waals surface area contributed by atoms with Crippen LogP contribution >= 0.6 is 8.25 Å². The molecule has 0 N–H and O–H groups in total. The van der Waals surface area contributed by atoms with Gasteiger partial charge in [0.25, 0.3) is 0 Å². The second-order valence-electron chi connectivity index (χ2n) is 2.69. The van der Waals surface area contributed by atoms with Crippen LogP contribution in [0.25, 0.3) is 0 Å². The minimum atomic E-state index is -0.887.